The van der Waals surface area contributed by atoms with Gasteiger partial charge in [-0.05, 0) is 36.6 Å². The van der Waals surface area contributed by atoms with Crippen LogP contribution >= 0.6 is 0 Å². The molecule has 0 unspecified atom stereocenters. The number of nitrogens with one attached hydrogen (secondary N) is 1. The number of carbonyl (C=O) groups is 1. The van der Waals surface area contributed by atoms with Crippen molar-refractivity contribution in [2.24, 2.45) is 7.05 Å². The van der Waals surface area contributed by atoms with E-state index in [1.54, 1.807) is 42.3 Å². The molecule has 0 aliphatic carbocycles. The zero-order valence-corrected chi connectivity index (χ0v) is 13.8. The fraction of sp³-hybridized carbons (Fsp3) is 0.333. The lowest BCUT2D eigenvalue weighted by atomic mass is 10.0. The number of amides is 1. The third-order valence-corrected chi connectivity index (χ3v) is 4.96. The molecular formula is C15H18N4O3S. The minimum atomic E-state index is -3.30. The van der Waals surface area contributed by atoms with E-state index in [-0.39, 0.29) is 5.91 Å². The average molecular weight is 334 g/mol. The van der Waals surface area contributed by atoms with Crippen molar-refractivity contribution in [3.63, 3.8) is 0 Å². The molecule has 1 aliphatic heterocycles. The molecule has 0 spiro atoms. The Morgan fingerprint density at radius 2 is 2.13 bits per heavy atom. The Morgan fingerprint density at radius 3 is 2.78 bits per heavy atom. The van der Waals surface area contributed by atoms with Gasteiger partial charge < -0.3 is 5.32 Å². The van der Waals surface area contributed by atoms with Gasteiger partial charge in [-0.15, -0.1) is 0 Å². The van der Waals surface area contributed by atoms with E-state index in [1.807, 2.05) is 0 Å². The van der Waals surface area contributed by atoms with Gasteiger partial charge in [-0.2, -0.15) is 5.10 Å². The third-order valence-electron chi connectivity index (χ3n) is 3.78. The summed E-state index contributed by atoms with van der Waals surface area (Å²) in [5.41, 5.74) is 2.66. The van der Waals surface area contributed by atoms with Crippen LogP contribution in [0.25, 0.3) is 0 Å². The molecule has 122 valence electrons. The van der Waals surface area contributed by atoms with E-state index in [4.69, 9.17) is 0 Å². The van der Waals surface area contributed by atoms with Gasteiger partial charge in [-0.3, -0.25) is 13.8 Å². The lowest BCUT2D eigenvalue weighted by Gasteiger charge is -2.29. The van der Waals surface area contributed by atoms with E-state index in [1.165, 1.54) is 10.6 Å². The van der Waals surface area contributed by atoms with Gasteiger partial charge in [0.25, 0.3) is 5.91 Å². The molecule has 8 heteroatoms. The van der Waals surface area contributed by atoms with Crippen molar-refractivity contribution < 1.29 is 13.2 Å². The number of benzene rings is 1. The highest BCUT2D eigenvalue weighted by atomic mass is 32.2. The largest absolute Gasteiger partial charge is 0.319 e. The van der Waals surface area contributed by atoms with Crippen LogP contribution < -0.4 is 9.62 Å². The van der Waals surface area contributed by atoms with E-state index in [0.717, 1.165) is 18.4 Å². The van der Waals surface area contributed by atoms with Crippen LogP contribution in [-0.4, -0.2) is 36.9 Å². The molecule has 23 heavy (non-hydrogen) atoms. The van der Waals surface area contributed by atoms with Crippen LogP contribution in [0.3, 0.4) is 0 Å². The van der Waals surface area contributed by atoms with Gasteiger partial charge >= 0.3 is 0 Å². The molecule has 2 heterocycles. The number of fused-ring (bicyclic) bond motifs is 1. The number of aryl methyl sites for hydroxylation is 2. The second-order valence-corrected chi connectivity index (χ2v) is 7.55. The molecule has 1 aromatic heterocycles. The summed E-state index contributed by atoms with van der Waals surface area (Å²) < 4.78 is 26.7. The smallest absolute Gasteiger partial charge is 0.255 e. The number of rotatable bonds is 3. The van der Waals surface area contributed by atoms with Gasteiger partial charge in [0, 0.05) is 25.4 Å². The monoisotopic (exact) mass is 334 g/mol. The number of carbonyl (C=O) groups excluding carboxylic acids is 1. The molecule has 2 aromatic rings. The van der Waals surface area contributed by atoms with Crippen LogP contribution in [0, 0.1) is 0 Å². The maximum Gasteiger partial charge on any atom is 0.255 e. The van der Waals surface area contributed by atoms with Crippen LogP contribution in [-0.2, 0) is 23.5 Å². The maximum absolute atomic E-state index is 12.3. The fourth-order valence-electron chi connectivity index (χ4n) is 2.74. The van der Waals surface area contributed by atoms with Gasteiger partial charge in [-0.1, -0.05) is 0 Å². The van der Waals surface area contributed by atoms with E-state index in [2.05, 4.69) is 10.4 Å². The van der Waals surface area contributed by atoms with Crippen LogP contribution in [0.5, 0.6) is 0 Å². The van der Waals surface area contributed by atoms with Crippen molar-refractivity contribution in [1.29, 1.82) is 0 Å². The average Bonchev–Trinajstić information content (AvgIpc) is 2.90. The summed E-state index contributed by atoms with van der Waals surface area (Å²) in [5.74, 6) is -0.239. The molecule has 0 fully saturated rings. The standard InChI is InChI=1S/C15H18N4O3S/c1-18-10-13(9-16-18)17-15(20)12-5-6-14-11(8-12)4-3-7-19(14)23(2,21)22/h5-6,8-10H,3-4,7H2,1-2H3,(H,17,20). The summed E-state index contributed by atoms with van der Waals surface area (Å²) in [6.07, 6.45) is 5.98. The number of sulfonamides is 1. The fourth-order valence-corrected chi connectivity index (χ4v) is 3.73. The molecule has 7 nitrogen and oxygen atoms in total. The van der Waals surface area contributed by atoms with Crippen molar-refractivity contribution in [1.82, 2.24) is 9.78 Å². The lowest BCUT2D eigenvalue weighted by Crippen LogP contribution is -2.34. The molecule has 3 rings (SSSR count). The summed E-state index contributed by atoms with van der Waals surface area (Å²) in [6.45, 7) is 0.479. The first-order valence-electron chi connectivity index (χ1n) is 7.25. The Morgan fingerprint density at radius 1 is 1.35 bits per heavy atom. The van der Waals surface area contributed by atoms with Gasteiger partial charge in [0.15, 0.2) is 0 Å². The molecule has 1 aromatic carbocycles. The lowest BCUT2D eigenvalue weighted by molar-refractivity contribution is 0.102. The summed E-state index contributed by atoms with van der Waals surface area (Å²) in [6, 6.07) is 5.11. The Kier molecular flexibility index (Phi) is 3.85. The molecule has 0 radical (unpaired) electrons. The van der Waals surface area contributed by atoms with Gasteiger partial charge in [-0.25, -0.2) is 8.42 Å². The van der Waals surface area contributed by atoms with Crippen LogP contribution in [0.4, 0.5) is 11.4 Å². The zero-order chi connectivity index (χ0) is 16.6. The predicted octanol–water partition coefficient (Wildman–Crippen LogP) is 1.38. The van der Waals surface area contributed by atoms with Crippen molar-refractivity contribution in [2.45, 2.75) is 12.8 Å². The Balaban J connectivity index is 1.87. The first-order chi connectivity index (χ1) is 10.8. The number of aromatic nitrogens is 2. The summed E-state index contributed by atoms with van der Waals surface area (Å²) in [5, 5.41) is 6.77. The summed E-state index contributed by atoms with van der Waals surface area (Å²) in [4.78, 5) is 12.3. The minimum absolute atomic E-state index is 0.239. The first-order valence-corrected chi connectivity index (χ1v) is 9.10. The molecule has 0 bridgehead atoms. The van der Waals surface area contributed by atoms with E-state index in [9.17, 15) is 13.2 Å². The highest BCUT2D eigenvalue weighted by Gasteiger charge is 2.24. The van der Waals surface area contributed by atoms with Crippen molar-refractivity contribution in [3.05, 3.63) is 41.7 Å². The molecule has 0 atom stereocenters. The number of hydrogen-bond acceptors (Lipinski definition) is 4. The summed E-state index contributed by atoms with van der Waals surface area (Å²) >= 11 is 0. The highest BCUT2D eigenvalue weighted by Crippen LogP contribution is 2.30. The number of hydrogen-bond donors (Lipinski definition) is 1. The zero-order valence-electron chi connectivity index (χ0n) is 13.0. The first kappa shape index (κ1) is 15.5. The SMILES string of the molecule is Cn1cc(NC(=O)c2ccc3c(c2)CCCN3S(C)(=O)=O)cn1. The molecule has 0 saturated carbocycles. The van der Waals surface area contributed by atoms with Crippen LogP contribution in [0.15, 0.2) is 30.6 Å². The Hall–Kier alpha value is -2.35. The molecule has 1 N–H and O–H groups in total. The van der Waals surface area contributed by atoms with E-state index >= 15 is 0 Å². The normalized spacial score (nSPS) is 14.4. The molecule has 0 saturated heterocycles. The van der Waals surface area contributed by atoms with E-state index < -0.39 is 10.0 Å². The second-order valence-electron chi connectivity index (χ2n) is 5.64. The van der Waals surface area contributed by atoms with Crippen molar-refractivity contribution in [3.8, 4) is 0 Å². The minimum Gasteiger partial charge on any atom is -0.319 e. The number of nitrogens with zero attached hydrogens (tertiary/aromatic N) is 3. The highest BCUT2D eigenvalue weighted by molar-refractivity contribution is 7.92. The quantitative estimate of drug-likeness (QED) is 0.919. The third kappa shape index (κ3) is 3.21. The van der Waals surface area contributed by atoms with Crippen molar-refractivity contribution in [2.75, 3.05) is 22.4 Å². The Bertz CT molecular complexity index is 857. The summed E-state index contributed by atoms with van der Waals surface area (Å²) in [7, 11) is -1.52. The predicted molar refractivity (Wildman–Crippen MR) is 88.1 cm³/mol. The second kappa shape index (κ2) is 5.69. The number of anilines is 2. The van der Waals surface area contributed by atoms with Crippen LogP contribution in [0.1, 0.15) is 22.3 Å². The maximum atomic E-state index is 12.3. The molecule has 1 amide bonds. The molecular weight excluding hydrogens is 316 g/mol. The van der Waals surface area contributed by atoms with Gasteiger partial charge in [0.05, 0.1) is 23.8 Å². The topological polar surface area (TPSA) is 84.3 Å². The van der Waals surface area contributed by atoms with Crippen LogP contribution in [0.2, 0.25) is 0 Å². The molecule has 1 aliphatic rings. The van der Waals surface area contributed by atoms with E-state index in [0.29, 0.717) is 23.5 Å². The van der Waals surface area contributed by atoms with Crippen molar-refractivity contribution >= 4 is 27.3 Å². The van der Waals surface area contributed by atoms with Gasteiger partial charge in [0.2, 0.25) is 10.0 Å². The Labute approximate surface area is 135 Å². The van der Waals surface area contributed by atoms with Gasteiger partial charge in [0.1, 0.15) is 0 Å².